The number of fused-ring (bicyclic) bond motifs is 1. The first-order valence-electron chi connectivity index (χ1n) is 6.98. The molecule has 0 radical (unpaired) electrons. The number of nitrogens with zero attached hydrogens (tertiary/aromatic N) is 1. The predicted octanol–water partition coefficient (Wildman–Crippen LogP) is 4.14. The summed E-state index contributed by atoms with van der Waals surface area (Å²) in [4.78, 5) is 16.7. The molecule has 2 aromatic carbocycles. The Morgan fingerprint density at radius 1 is 1.09 bits per heavy atom. The number of allylic oxidation sites excluding steroid dienone is 1. The Hall–Kier alpha value is -2.94. The van der Waals surface area contributed by atoms with Crippen LogP contribution in [0, 0.1) is 0 Å². The summed E-state index contributed by atoms with van der Waals surface area (Å²) in [6.07, 6.45) is 6.73. The highest BCUT2D eigenvalue weighted by Gasteiger charge is 2.13. The van der Waals surface area contributed by atoms with Crippen LogP contribution >= 0.6 is 0 Å². The third-order valence-electron chi connectivity index (χ3n) is 3.47. The molecule has 22 heavy (non-hydrogen) atoms. The van der Waals surface area contributed by atoms with Crippen molar-refractivity contribution in [2.45, 2.75) is 0 Å². The van der Waals surface area contributed by atoms with E-state index in [1.807, 2.05) is 48.5 Å². The molecule has 0 spiro atoms. The van der Waals surface area contributed by atoms with Crippen LogP contribution in [0.4, 0.5) is 0 Å². The van der Waals surface area contributed by atoms with Crippen molar-refractivity contribution in [2.24, 2.45) is 0 Å². The molecule has 0 amide bonds. The maximum absolute atomic E-state index is 12.6. The zero-order chi connectivity index (χ0) is 15.4. The largest absolute Gasteiger partial charge is 0.496 e. The average molecular weight is 289 g/mol. The molecule has 3 rings (SSSR count). The Morgan fingerprint density at radius 2 is 1.95 bits per heavy atom. The minimum atomic E-state index is -0.0856. The smallest absolute Gasteiger partial charge is 0.190 e. The third-order valence-corrected chi connectivity index (χ3v) is 3.47. The van der Waals surface area contributed by atoms with E-state index in [4.69, 9.17) is 4.74 Å². The van der Waals surface area contributed by atoms with Gasteiger partial charge in [0.15, 0.2) is 5.78 Å². The van der Waals surface area contributed by atoms with Gasteiger partial charge >= 0.3 is 0 Å². The van der Waals surface area contributed by atoms with Crippen molar-refractivity contribution < 1.29 is 9.53 Å². The average Bonchev–Trinajstić information content (AvgIpc) is 2.59. The van der Waals surface area contributed by atoms with Crippen molar-refractivity contribution in [1.29, 1.82) is 0 Å². The van der Waals surface area contributed by atoms with E-state index >= 15 is 0 Å². The number of ether oxygens (including phenoxy) is 1. The number of carbonyl (C=O) groups is 1. The van der Waals surface area contributed by atoms with Crippen LogP contribution in [-0.4, -0.2) is 17.9 Å². The Kier molecular flexibility index (Phi) is 3.97. The van der Waals surface area contributed by atoms with Gasteiger partial charge < -0.3 is 4.74 Å². The lowest BCUT2D eigenvalue weighted by atomic mass is 9.99. The van der Waals surface area contributed by atoms with Crippen molar-refractivity contribution >= 4 is 22.6 Å². The van der Waals surface area contributed by atoms with Gasteiger partial charge in [0.1, 0.15) is 5.75 Å². The fourth-order valence-corrected chi connectivity index (χ4v) is 2.41. The van der Waals surface area contributed by atoms with Gasteiger partial charge in [-0.1, -0.05) is 36.4 Å². The number of aromatic nitrogens is 1. The highest BCUT2D eigenvalue weighted by atomic mass is 16.5. The fourth-order valence-electron chi connectivity index (χ4n) is 2.41. The summed E-state index contributed by atoms with van der Waals surface area (Å²) in [6.45, 7) is 0. The Balaban J connectivity index is 2.05. The van der Waals surface area contributed by atoms with Crippen LogP contribution in [0.1, 0.15) is 15.9 Å². The number of hydrogen-bond donors (Lipinski definition) is 0. The Labute approximate surface area is 128 Å². The molecular formula is C19H15NO2. The predicted molar refractivity (Wildman–Crippen MR) is 88.1 cm³/mol. The SMILES string of the molecule is COc1ccc2ccccc2c1C(=O)/C=C/c1cccnc1. The highest BCUT2D eigenvalue weighted by molar-refractivity contribution is 6.16. The Bertz CT molecular complexity index is 838. The van der Waals surface area contributed by atoms with Crippen LogP contribution in [0.2, 0.25) is 0 Å². The van der Waals surface area contributed by atoms with E-state index in [0.717, 1.165) is 16.3 Å². The molecule has 0 bridgehead atoms. The molecule has 1 heterocycles. The zero-order valence-corrected chi connectivity index (χ0v) is 12.2. The molecule has 0 aliphatic heterocycles. The second-order valence-electron chi connectivity index (χ2n) is 4.85. The molecule has 0 atom stereocenters. The van der Waals surface area contributed by atoms with E-state index in [1.54, 1.807) is 31.7 Å². The lowest BCUT2D eigenvalue weighted by molar-refractivity contribution is 0.104. The maximum Gasteiger partial charge on any atom is 0.190 e. The first-order valence-corrected chi connectivity index (χ1v) is 6.98. The molecule has 0 N–H and O–H groups in total. The second kappa shape index (κ2) is 6.22. The third kappa shape index (κ3) is 2.74. The minimum absolute atomic E-state index is 0.0856. The summed E-state index contributed by atoms with van der Waals surface area (Å²) < 4.78 is 5.36. The number of hydrogen-bond acceptors (Lipinski definition) is 3. The van der Waals surface area contributed by atoms with Crippen molar-refractivity contribution in [3.8, 4) is 5.75 Å². The van der Waals surface area contributed by atoms with E-state index in [-0.39, 0.29) is 5.78 Å². The molecule has 3 aromatic rings. The number of carbonyl (C=O) groups excluding carboxylic acids is 1. The van der Waals surface area contributed by atoms with Crippen LogP contribution < -0.4 is 4.74 Å². The summed E-state index contributed by atoms with van der Waals surface area (Å²) in [6, 6.07) is 15.3. The van der Waals surface area contributed by atoms with Crippen molar-refractivity contribution in [2.75, 3.05) is 7.11 Å². The maximum atomic E-state index is 12.6. The van der Waals surface area contributed by atoms with Gasteiger partial charge in [-0.3, -0.25) is 9.78 Å². The van der Waals surface area contributed by atoms with Crippen molar-refractivity contribution in [3.63, 3.8) is 0 Å². The minimum Gasteiger partial charge on any atom is -0.496 e. The van der Waals surface area contributed by atoms with E-state index in [0.29, 0.717) is 11.3 Å². The van der Waals surface area contributed by atoms with Gasteiger partial charge in [0, 0.05) is 12.4 Å². The van der Waals surface area contributed by atoms with Crippen molar-refractivity contribution in [3.05, 3.63) is 78.1 Å². The van der Waals surface area contributed by atoms with Gasteiger partial charge in [-0.2, -0.15) is 0 Å². The fraction of sp³-hybridized carbons (Fsp3) is 0.0526. The summed E-state index contributed by atoms with van der Waals surface area (Å²) in [5.74, 6) is 0.497. The van der Waals surface area contributed by atoms with Gasteiger partial charge in [-0.15, -0.1) is 0 Å². The number of rotatable bonds is 4. The van der Waals surface area contributed by atoms with Gasteiger partial charge in [-0.25, -0.2) is 0 Å². The van der Waals surface area contributed by atoms with E-state index in [1.165, 1.54) is 0 Å². The van der Waals surface area contributed by atoms with Crippen LogP contribution in [0.5, 0.6) is 5.75 Å². The zero-order valence-electron chi connectivity index (χ0n) is 12.2. The van der Waals surface area contributed by atoms with Crippen LogP contribution in [0.15, 0.2) is 67.0 Å². The summed E-state index contributed by atoms with van der Waals surface area (Å²) in [5, 5.41) is 1.91. The number of benzene rings is 2. The van der Waals surface area contributed by atoms with Gasteiger partial charge in [0.05, 0.1) is 12.7 Å². The molecule has 0 unspecified atom stereocenters. The standard InChI is InChI=1S/C19H15NO2/c1-22-18-11-9-15-6-2-3-7-16(15)19(18)17(21)10-8-14-5-4-12-20-13-14/h2-13H,1H3/b10-8+. The molecular weight excluding hydrogens is 274 g/mol. The van der Waals surface area contributed by atoms with Gasteiger partial charge in [-0.05, 0) is 40.6 Å². The van der Waals surface area contributed by atoms with Gasteiger partial charge in [0.2, 0.25) is 0 Å². The highest BCUT2D eigenvalue weighted by Crippen LogP contribution is 2.28. The normalized spacial score (nSPS) is 11.0. The molecule has 0 aliphatic carbocycles. The lowest BCUT2D eigenvalue weighted by Gasteiger charge is -2.09. The quantitative estimate of drug-likeness (QED) is 0.535. The monoisotopic (exact) mass is 289 g/mol. The first-order chi connectivity index (χ1) is 10.8. The van der Waals surface area contributed by atoms with Crippen LogP contribution in [0.25, 0.3) is 16.8 Å². The van der Waals surface area contributed by atoms with Crippen molar-refractivity contribution in [1.82, 2.24) is 4.98 Å². The van der Waals surface area contributed by atoms with Crippen LogP contribution in [0.3, 0.4) is 0 Å². The van der Waals surface area contributed by atoms with E-state index in [9.17, 15) is 4.79 Å². The number of pyridine rings is 1. The van der Waals surface area contributed by atoms with E-state index < -0.39 is 0 Å². The number of methoxy groups -OCH3 is 1. The summed E-state index contributed by atoms with van der Waals surface area (Å²) >= 11 is 0. The molecule has 0 saturated carbocycles. The lowest BCUT2D eigenvalue weighted by Crippen LogP contribution is -2.00. The molecule has 3 heteroatoms. The molecule has 3 nitrogen and oxygen atoms in total. The first kappa shape index (κ1) is 14.0. The topological polar surface area (TPSA) is 39.2 Å². The molecule has 0 aliphatic rings. The molecule has 108 valence electrons. The van der Waals surface area contributed by atoms with Crippen LogP contribution in [-0.2, 0) is 0 Å². The molecule has 0 saturated heterocycles. The summed E-state index contributed by atoms with van der Waals surface area (Å²) in [7, 11) is 1.58. The molecule has 0 fully saturated rings. The molecule has 1 aromatic heterocycles. The second-order valence-corrected chi connectivity index (χ2v) is 4.85. The van der Waals surface area contributed by atoms with E-state index in [2.05, 4.69) is 4.98 Å². The summed E-state index contributed by atoms with van der Waals surface area (Å²) in [5.41, 5.74) is 1.47. The Morgan fingerprint density at radius 3 is 2.73 bits per heavy atom. The number of ketones is 1. The van der Waals surface area contributed by atoms with Gasteiger partial charge in [0.25, 0.3) is 0 Å².